The highest BCUT2D eigenvalue weighted by molar-refractivity contribution is 5.51. The van der Waals surface area contributed by atoms with Crippen LogP contribution in [0, 0.1) is 0 Å². The van der Waals surface area contributed by atoms with Crippen molar-refractivity contribution in [3.05, 3.63) is 0 Å². The van der Waals surface area contributed by atoms with Gasteiger partial charge in [-0.25, -0.2) is 0 Å². The first-order valence-corrected chi connectivity index (χ1v) is 5.95. The summed E-state index contributed by atoms with van der Waals surface area (Å²) in [5.41, 5.74) is -0.165. The average Bonchev–Trinajstić information content (AvgIpc) is 2.19. The second-order valence-electron chi connectivity index (χ2n) is 4.62. The van der Waals surface area contributed by atoms with E-state index in [9.17, 15) is 4.79 Å². The molecule has 0 saturated carbocycles. The fourth-order valence-electron chi connectivity index (χ4n) is 2.31. The van der Waals surface area contributed by atoms with Gasteiger partial charge in [-0.15, -0.1) is 0 Å². The highest BCUT2D eigenvalue weighted by Crippen LogP contribution is 2.29. The molecule has 0 aliphatic carbocycles. The lowest BCUT2D eigenvalue weighted by Gasteiger charge is -2.42. The molecule has 1 saturated heterocycles. The summed E-state index contributed by atoms with van der Waals surface area (Å²) in [4.78, 5) is 13.1. The molecule has 1 heterocycles. The number of carbonyl (C=O) groups is 1. The maximum Gasteiger partial charge on any atom is 0.122 e. The van der Waals surface area contributed by atoms with Crippen LogP contribution in [0.4, 0.5) is 0 Å². The maximum atomic E-state index is 10.7. The van der Waals surface area contributed by atoms with Gasteiger partial charge in [-0.2, -0.15) is 0 Å². The van der Waals surface area contributed by atoms with Gasteiger partial charge < -0.3 is 14.4 Å². The Hall–Kier alpha value is -0.410. The molecular weight excluding hydrogens is 190 g/mol. The van der Waals surface area contributed by atoms with E-state index in [4.69, 9.17) is 4.74 Å². The molecule has 0 aromatic rings. The van der Waals surface area contributed by atoms with Crippen molar-refractivity contribution in [3.8, 4) is 0 Å². The first kappa shape index (κ1) is 12.7. The molecule has 3 heteroatoms. The van der Waals surface area contributed by atoms with Crippen LogP contribution >= 0.6 is 0 Å². The van der Waals surface area contributed by atoms with Crippen molar-refractivity contribution in [2.24, 2.45) is 0 Å². The molecule has 0 radical (unpaired) electrons. The summed E-state index contributed by atoms with van der Waals surface area (Å²) in [6.07, 6.45) is 3.52. The molecule has 0 aromatic heterocycles. The van der Waals surface area contributed by atoms with Gasteiger partial charge in [-0.3, -0.25) is 0 Å². The Labute approximate surface area is 92.8 Å². The molecule has 0 N–H and O–H groups in total. The Morgan fingerprint density at radius 3 is 2.40 bits per heavy atom. The third-order valence-corrected chi connectivity index (χ3v) is 3.35. The normalized spacial score (nSPS) is 21.9. The van der Waals surface area contributed by atoms with Gasteiger partial charge in [0, 0.05) is 32.2 Å². The van der Waals surface area contributed by atoms with Crippen molar-refractivity contribution in [1.29, 1.82) is 0 Å². The summed E-state index contributed by atoms with van der Waals surface area (Å²) >= 11 is 0. The average molecular weight is 213 g/mol. The first-order valence-electron chi connectivity index (χ1n) is 5.95. The zero-order valence-corrected chi connectivity index (χ0v) is 10.2. The van der Waals surface area contributed by atoms with Crippen molar-refractivity contribution in [2.45, 2.75) is 51.7 Å². The predicted molar refractivity (Wildman–Crippen MR) is 61.0 cm³/mol. The van der Waals surface area contributed by atoms with Crippen LogP contribution in [0.1, 0.15) is 40.0 Å². The number of rotatable bonds is 5. The lowest BCUT2D eigenvalue weighted by molar-refractivity contribution is -0.122. The van der Waals surface area contributed by atoms with E-state index in [1.54, 1.807) is 0 Å². The molecule has 0 bridgehead atoms. The predicted octanol–water partition coefficient (Wildman–Crippen LogP) is 1.85. The number of aldehydes is 1. The van der Waals surface area contributed by atoms with E-state index < -0.39 is 0 Å². The molecule has 1 rings (SSSR count). The van der Waals surface area contributed by atoms with Crippen LogP contribution in [0.5, 0.6) is 0 Å². The Morgan fingerprint density at radius 1 is 1.40 bits per heavy atom. The largest absolute Gasteiger partial charge is 0.375 e. The van der Waals surface area contributed by atoms with Crippen LogP contribution in [-0.2, 0) is 9.53 Å². The van der Waals surface area contributed by atoms with Gasteiger partial charge in [-0.1, -0.05) is 0 Å². The maximum absolute atomic E-state index is 10.7. The Bertz CT molecular complexity index is 196. The molecular formula is C12H23NO2. The zero-order valence-electron chi connectivity index (χ0n) is 10.2. The summed E-state index contributed by atoms with van der Waals surface area (Å²) in [5.74, 6) is 0. The van der Waals surface area contributed by atoms with Crippen LogP contribution in [0.3, 0.4) is 0 Å². The van der Waals surface area contributed by atoms with Crippen molar-refractivity contribution < 1.29 is 9.53 Å². The highest BCUT2D eigenvalue weighted by Gasteiger charge is 2.35. The second kappa shape index (κ2) is 5.61. The van der Waals surface area contributed by atoms with Crippen LogP contribution in [0.25, 0.3) is 0 Å². The minimum Gasteiger partial charge on any atom is -0.375 e. The molecule has 1 fully saturated rings. The Kier molecular flexibility index (Phi) is 4.74. The molecule has 0 spiro atoms. The molecule has 88 valence electrons. The van der Waals surface area contributed by atoms with E-state index in [1.807, 2.05) is 6.92 Å². The number of likely N-dealkylation sites (tertiary alicyclic amines) is 1. The van der Waals surface area contributed by atoms with Gasteiger partial charge >= 0.3 is 0 Å². The number of hydrogen-bond donors (Lipinski definition) is 0. The van der Waals surface area contributed by atoms with E-state index >= 15 is 0 Å². The quantitative estimate of drug-likeness (QED) is 0.653. The molecule has 0 aromatic carbocycles. The summed E-state index contributed by atoms with van der Waals surface area (Å²) in [5, 5.41) is 0. The minimum atomic E-state index is -0.165. The third-order valence-electron chi connectivity index (χ3n) is 3.35. The SMILES string of the molecule is CCOC1(CC=O)CCN(C(C)C)CC1. The topological polar surface area (TPSA) is 29.5 Å². The fourth-order valence-corrected chi connectivity index (χ4v) is 2.31. The lowest BCUT2D eigenvalue weighted by atomic mass is 9.88. The van der Waals surface area contributed by atoms with E-state index in [0.29, 0.717) is 19.1 Å². The van der Waals surface area contributed by atoms with Gasteiger partial charge in [0.2, 0.25) is 0 Å². The molecule has 0 unspecified atom stereocenters. The Morgan fingerprint density at radius 2 is 2.00 bits per heavy atom. The minimum absolute atomic E-state index is 0.165. The van der Waals surface area contributed by atoms with Crippen molar-refractivity contribution in [1.82, 2.24) is 4.90 Å². The van der Waals surface area contributed by atoms with E-state index in [1.165, 1.54) is 0 Å². The molecule has 0 atom stereocenters. The van der Waals surface area contributed by atoms with E-state index in [-0.39, 0.29) is 5.60 Å². The van der Waals surface area contributed by atoms with Gasteiger partial charge in [0.15, 0.2) is 0 Å². The first-order chi connectivity index (χ1) is 7.13. The smallest absolute Gasteiger partial charge is 0.122 e. The van der Waals surface area contributed by atoms with Gasteiger partial charge in [0.25, 0.3) is 0 Å². The van der Waals surface area contributed by atoms with Crippen LogP contribution < -0.4 is 0 Å². The number of piperidine rings is 1. The van der Waals surface area contributed by atoms with Gasteiger partial charge in [0.05, 0.1) is 5.60 Å². The van der Waals surface area contributed by atoms with Crippen LogP contribution in [0.2, 0.25) is 0 Å². The van der Waals surface area contributed by atoms with Crippen molar-refractivity contribution in [3.63, 3.8) is 0 Å². The number of carbonyl (C=O) groups excluding carboxylic acids is 1. The third kappa shape index (κ3) is 3.28. The number of hydrogen-bond acceptors (Lipinski definition) is 3. The molecule has 0 amide bonds. The summed E-state index contributed by atoms with van der Waals surface area (Å²) in [6.45, 7) is 9.23. The van der Waals surface area contributed by atoms with Crippen molar-refractivity contribution >= 4 is 6.29 Å². The molecule has 1 aliphatic heterocycles. The molecule has 3 nitrogen and oxygen atoms in total. The zero-order chi connectivity index (χ0) is 11.3. The van der Waals surface area contributed by atoms with Crippen LogP contribution in [0.15, 0.2) is 0 Å². The Balaban J connectivity index is 2.52. The van der Waals surface area contributed by atoms with Crippen LogP contribution in [-0.4, -0.2) is 42.5 Å². The molecule has 1 aliphatic rings. The summed E-state index contributed by atoms with van der Waals surface area (Å²) in [6, 6.07) is 0.598. The monoisotopic (exact) mass is 213 g/mol. The van der Waals surface area contributed by atoms with Crippen molar-refractivity contribution in [2.75, 3.05) is 19.7 Å². The fraction of sp³-hybridized carbons (Fsp3) is 0.917. The van der Waals surface area contributed by atoms with E-state index in [2.05, 4.69) is 18.7 Å². The van der Waals surface area contributed by atoms with E-state index in [0.717, 1.165) is 32.2 Å². The lowest BCUT2D eigenvalue weighted by Crippen LogP contribution is -2.48. The summed E-state index contributed by atoms with van der Waals surface area (Å²) < 4.78 is 5.78. The number of nitrogens with zero attached hydrogens (tertiary/aromatic N) is 1. The van der Waals surface area contributed by atoms with Gasteiger partial charge in [-0.05, 0) is 33.6 Å². The van der Waals surface area contributed by atoms with Gasteiger partial charge in [0.1, 0.15) is 6.29 Å². The standard InChI is InChI=1S/C12H23NO2/c1-4-15-12(7-10-14)5-8-13(9-6-12)11(2)3/h10-11H,4-9H2,1-3H3. The highest BCUT2D eigenvalue weighted by atomic mass is 16.5. The summed E-state index contributed by atoms with van der Waals surface area (Å²) in [7, 11) is 0. The second-order valence-corrected chi connectivity index (χ2v) is 4.62. The number of ether oxygens (including phenoxy) is 1. The molecule has 15 heavy (non-hydrogen) atoms.